The Morgan fingerprint density at radius 2 is 1.96 bits per heavy atom. The minimum atomic E-state index is -0.432. The highest BCUT2D eigenvalue weighted by Gasteiger charge is 2.26. The van der Waals surface area contributed by atoms with Crippen LogP contribution in [0.25, 0.3) is 0 Å². The third kappa shape index (κ3) is 4.29. The first kappa shape index (κ1) is 18.1. The highest BCUT2D eigenvalue weighted by Crippen LogP contribution is 2.23. The van der Waals surface area contributed by atoms with Gasteiger partial charge < -0.3 is 15.0 Å². The largest absolute Gasteiger partial charge is 0.465 e. The molecule has 1 fully saturated rings. The van der Waals surface area contributed by atoms with Gasteiger partial charge in [0, 0.05) is 24.7 Å². The molecule has 0 spiro atoms. The molecule has 0 bridgehead atoms. The molecule has 136 valence electrons. The molecule has 0 atom stereocenters. The maximum atomic E-state index is 12.5. The molecule has 1 aromatic heterocycles. The van der Waals surface area contributed by atoms with Gasteiger partial charge in [-0.15, -0.1) is 10.2 Å². The monoisotopic (exact) mass is 374 g/mol. The van der Waals surface area contributed by atoms with Crippen molar-refractivity contribution >= 4 is 35.0 Å². The topological polar surface area (TPSA) is 84.4 Å². The summed E-state index contributed by atoms with van der Waals surface area (Å²) in [5, 5.41) is 11.2. The summed E-state index contributed by atoms with van der Waals surface area (Å²) in [7, 11) is 1.33. The number of benzene rings is 1. The normalized spacial score (nSPS) is 14.8. The number of methoxy groups -OCH3 is 1. The van der Waals surface area contributed by atoms with Gasteiger partial charge in [0.2, 0.25) is 5.91 Å². The molecule has 1 saturated heterocycles. The predicted octanol–water partition coefficient (Wildman–Crippen LogP) is 2.77. The molecular weight excluding hydrogens is 356 g/mol. The number of hydrogen-bond donors (Lipinski definition) is 1. The van der Waals surface area contributed by atoms with E-state index in [4.69, 9.17) is 16.3 Å². The molecule has 3 rings (SSSR count). The van der Waals surface area contributed by atoms with Crippen molar-refractivity contribution < 1.29 is 14.3 Å². The number of hydrogen-bond acceptors (Lipinski definition) is 6. The second-order valence-electron chi connectivity index (χ2n) is 6.04. The zero-order valence-electron chi connectivity index (χ0n) is 14.3. The van der Waals surface area contributed by atoms with Crippen molar-refractivity contribution in [3.8, 4) is 0 Å². The van der Waals surface area contributed by atoms with Crippen LogP contribution in [0.2, 0.25) is 5.15 Å². The summed E-state index contributed by atoms with van der Waals surface area (Å²) >= 11 is 5.76. The lowest BCUT2D eigenvalue weighted by atomic mass is 9.95. The Labute approximate surface area is 156 Å². The van der Waals surface area contributed by atoms with E-state index in [1.54, 1.807) is 30.3 Å². The van der Waals surface area contributed by atoms with Crippen LogP contribution in [0.15, 0.2) is 36.4 Å². The van der Waals surface area contributed by atoms with E-state index >= 15 is 0 Å². The van der Waals surface area contributed by atoms with E-state index in [2.05, 4.69) is 20.4 Å². The molecule has 0 unspecified atom stereocenters. The molecule has 8 heteroatoms. The first-order valence-electron chi connectivity index (χ1n) is 8.30. The number of rotatable bonds is 4. The fourth-order valence-electron chi connectivity index (χ4n) is 2.93. The Balaban J connectivity index is 1.57. The third-order valence-electron chi connectivity index (χ3n) is 4.36. The number of piperidine rings is 1. The van der Waals surface area contributed by atoms with Gasteiger partial charge in [0.15, 0.2) is 11.0 Å². The van der Waals surface area contributed by atoms with Crippen molar-refractivity contribution in [2.45, 2.75) is 12.8 Å². The van der Waals surface area contributed by atoms with Crippen LogP contribution in [0, 0.1) is 5.92 Å². The van der Waals surface area contributed by atoms with Crippen molar-refractivity contribution in [3.05, 3.63) is 47.1 Å². The molecule has 0 radical (unpaired) electrons. The number of aromatic nitrogens is 2. The molecule has 0 saturated carbocycles. The number of carbonyl (C=O) groups excluding carboxylic acids is 2. The van der Waals surface area contributed by atoms with Crippen LogP contribution in [0.3, 0.4) is 0 Å². The molecule has 1 aliphatic rings. The van der Waals surface area contributed by atoms with Gasteiger partial charge in [0.1, 0.15) is 0 Å². The van der Waals surface area contributed by atoms with E-state index in [0.29, 0.717) is 29.2 Å². The van der Waals surface area contributed by atoms with Gasteiger partial charge in [0.05, 0.1) is 12.7 Å². The number of esters is 1. The predicted molar refractivity (Wildman–Crippen MR) is 98.4 cm³/mol. The standard InChI is InChI=1S/C18H19ClN4O3/c1-26-18(25)13-3-2-4-14(11-13)20-17(24)12-7-9-23(10-8-12)16-6-5-15(19)21-22-16/h2-6,11-12H,7-10H2,1H3,(H,20,24). The maximum Gasteiger partial charge on any atom is 0.337 e. The lowest BCUT2D eigenvalue weighted by Gasteiger charge is -2.31. The molecule has 1 aliphatic heterocycles. The van der Waals surface area contributed by atoms with Crippen LogP contribution in [0.1, 0.15) is 23.2 Å². The highest BCUT2D eigenvalue weighted by molar-refractivity contribution is 6.29. The lowest BCUT2D eigenvalue weighted by molar-refractivity contribution is -0.120. The number of anilines is 2. The van der Waals surface area contributed by atoms with Crippen molar-refractivity contribution in [1.29, 1.82) is 0 Å². The smallest absolute Gasteiger partial charge is 0.337 e. The Kier molecular flexibility index (Phi) is 5.68. The van der Waals surface area contributed by atoms with E-state index in [0.717, 1.165) is 18.9 Å². The van der Waals surface area contributed by atoms with E-state index < -0.39 is 5.97 Å². The summed E-state index contributed by atoms with van der Waals surface area (Å²) in [4.78, 5) is 26.2. The second kappa shape index (κ2) is 8.14. The molecule has 0 aliphatic carbocycles. The van der Waals surface area contributed by atoms with E-state index in [1.807, 2.05) is 6.07 Å². The maximum absolute atomic E-state index is 12.5. The van der Waals surface area contributed by atoms with Gasteiger partial charge in [-0.05, 0) is 43.2 Å². The van der Waals surface area contributed by atoms with Gasteiger partial charge >= 0.3 is 5.97 Å². The number of amides is 1. The second-order valence-corrected chi connectivity index (χ2v) is 6.42. The van der Waals surface area contributed by atoms with Crippen LogP contribution in [0.4, 0.5) is 11.5 Å². The Morgan fingerprint density at radius 3 is 2.62 bits per heavy atom. The molecule has 1 N–H and O–H groups in total. The summed E-state index contributed by atoms with van der Waals surface area (Å²) < 4.78 is 4.70. The molecule has 26 heavy (non-hydrogen) atoms. The highest BCUT2D eigenvalue weighted by atomic mass is 35.5. The summed E-state index contributed by atoms with van der Waals surface area (Å²) in [6.45, 7) is 1.44. The minimum absolute atomic E-state index is 0.0474. The Bertz CT molecular complexity index is 789. The zero-order chi connectivity index (χ0) is 18.5. The molecule has 1 amide bonds. The number of nitrogens with zero attached hydrogens (tertiary/aromatic N) is 3. The number of halogens is 1. The SMILES string of the molecule is COC(=O)c1cccc(NC(=O)C2CCN(c3ccc(Cl)nn3)CC2)c1. The van der Waals surface area contributed by atoms with Gasteiger partial charge in [-0.3, -0.25) is 4.79 Å². The zero-order valence-corrected chi connectivity index (χ0v) is 15.1. The van der Waals surface area contributed by atoms with Crippen molar-refractivity contribution in [2.24, 2.45) is 5.92 Å². The first-order valence-corrected chi connectivity index (χ1v) is 8.68. The third-order valence-corrected chi connectivity index (χ3v) is 4.56. The fraction of sp³-hybridized carbons (Fsp3) is 0.333. The van der Waals surface area contributed by atoms with E-state index in [1.165, 1.54) is 7.11 Å². The summed E-state index contributed by atoms with van der Waals surface area (Å²) in [6.07, 6.45) is 1.43. The summed E-state index contributed by atoms with van der Waals surface area (Å²) in [5.74, 6) is 0.194. The quantitative estimate of drug-likeness (QED) is 0.828. The first-order chi connectivity index (χ1) is 12.6. The van der Waals surface area contributed by atoms with Gasteiger partial charge in [0.25, 0.3) is 0 Å². The molecule has 2 heterocycles. The number of carbonyl (C=O) groups is 2. The van der Waals surface area contributed by atoms with E-state index in [9.17, 15) is 9.59 Å². The molecule has 7 nitrogen and oxygen atoms in total. The summed E-state index contributed by atoms with van der Waals surface area (Å²) in [6, 6.07) is 10.3. The van der Waals surface area contributed by atoms with Crippen molar-refractivity contribution in [2.75, 3.05) is 30.4 Å². The van der Waals surface area contributed by atoms with E-state index in [-0.39, 0.29) is 11.8 Å². The molecule has 1 aromatic carbocycles. The number of nitrogens with one attached hydrogen (secondary N) is 1. The van der Waals surface area contributed by atoms with Crippen LogP contribution < -0.4 is 10.2 Å². The Hall–Kier alpha value is -2.67. The fourth-order valence-corrected chi connectivity index (χ4v) is 3.04. The number of ether oxygens (including phenoxy) is 1. The van der Waals surface area contributed by atoms with Crippen molar-refractivity contribution in [3.63, 3.8) is 0 Å². The van der Waals surface area contributed by atoms with Gasteiger partial charge in [-0.1, -0.05) is 17.7 Å². The molecule has 2 aromatic rings. The van der Waals surface area contributed by atoms with Gasteiger partial charge in [-0.25, -0.2) is 4.79 Å². The summed E-state index contributed by atoms with van der Waals surface area (Å²) in [5.41, 5.74) is 0.991. The lowest BCUT2D eigenvalue weighted by Crippen LogP contribution is -2.38. The van der Waals surface area contributed by atoms with Crippen LogP contribution in [-0.4, -0.2) is 42.3 Å². The van der Waals surface area contributed by atoms with Crippen LogP contribution >= 0.6 is 11.6 Å². The molecular formula is C18H19ClN4O3. The van der Waals surface area contributed by atoms with Gasteiger partial charge in [-0.2, -0.15) is 0 Å². The van der Waals surface area contributed by atoms with Crippen molar-refractivity contribution in [1.82, 2.24) is 10.2 Å². The van der Waals surface area contributed by atoms with Crippen LogP contribution in [0.5, 0.6) is 0 Å². The Morgan fingerprint density at radius 1 is 1.19 bits per heavy atom. The van der Waals surface area contributed by atoms with Crippen LogP contribution in [-0.2, 0) is 9.53 Å². The average molecular weight is 375 g/mol. The average Bonchev–Trinajstić information content (AvgIpc) is 2.68. The minimum Gasteiger partial charge on any atom is -0.465 e.